The number of rotatable bonds is 6. The van der Waals surface area contributed by atoms with Gasteiger partial charge in [-0.25, -0.2) is 0 Å². The lowest BCUT2D eigenvalue weighted by molar-refractivity contribution is -0.142. The summed E-state index contributed by atoms with van der Waals surface area (Å²) in [7, 11) is 0. The summed E-state index contributed by atoms with van der Waals surface area (Å²) >= 11 is 0. The van der Waals surface area contributed by atoms with Crippen LogP contribution in [0.5, 0.6) is 0 Å². The highest BCUT2D eigenvalue weighted by Crippen LogP contribution is 1.80. The van der Waals surface area contributed by atoms with Crippen LogP contribution in [-0.2, 0) is 19.0 Å². The van der Waals surface area contributed by atoms with Gasteiger partial charge in [0.2, 0.25) is 0 Å². The van der Waals surface area contributed by atoms with Crippen molar-refractivity contribution in [3.63, 3.8) is 0 Å². The van der Waals surface area contributed by atoms with Crippen molar-refractivity contribution in [2.24, 2.45) is 0 Å². The van der Waals surface area contributed by atoms with Gasteiger partial charge >= 0.3 is 5.97 Å². The van der Waals surface area contributed by atoms with Crippen LogP contribution in [0.3, 0.4) is 0 Å². The Hall–Kier alpha value is -0.650. The number of hydrogen-bond donors (Lipinski definition) is 0. The van der Waals surface area contributed by atoms with Crippen molar-refractivity contribution in [3.05, 3.63) is 0 Å². The van der Waals surface area contributed by atoms with Crippen molar-refractivity contribution in [2.75, 3.05) is 26.6 Å². The Morgan fingerprint density at radius 1 is 0.933 bits per heavy atom. The summed E-state index contributed by atoms with van der Waals surface area (Å²) in [6, 6.07) is 0. The molecule has 0 bridgehead atoms. The maximum atomic E-state index is 10.2. The Morgan fingerprint density at radius 2 is 1.40 bits per heavy atom. The molecule has 0 unspecified atom stereocenters. The van der Waals surface area contributed by atoms with Crippen LogP contribution in [0.25, 0.3) is 0 Å². The van der Waals surface area contributed by atoms with E-state index in [0.29, 0.717) is 19.8 Å². The summed E-state index contributed by atoms with van der Waals surface area (Å²) in [5, 5.41) is 0. The van der Waals surface area contributed by atoms with Crippen LogP contribution in [0, 0.1) is 0 Å². The van der Waals surface area contributed by atoms with Crippen molar-refractivity contribution in [1.82, 2.24) is 0 Å². The van der Waals surface area contributed by atoms with Crippen molar-refractivity contribution >= 4 is 5.97 Å². The van der Waals surface area contributed by atoms with Gasteiger partial charge in [0.25, 0.3) is 0 Å². The third-order valence-electron chi connectivity index (χ3n) is 1.17. The quantitative estimate of drug-likeness (QED) is 0.385. The third-order valence-corrected chi connectivity index (χ3v) is 1.17. The van der Waals surface area contributed by atoms with E-state index >= 15 is 0 Å². The van der Waals surface area contributed by atoms with Gasteiger partial charge in [-0.15, -0.1) is 0 Å². The maximum Gasteiger partial charge on any atom is 0.305 e. The molecular formula is C10H24O5. The minimum atomic E-state index is -0.123. The van der Waals surface area contributed by atoms with E-state index < -0.39 is 0 Å². The predicted molar refractivity (Wildman–Crippen MR) is 58.7 cm³/mol. The number of esters is 1. The van der Waals surface area contributed by atoms with Crippen LogP contribution in [0.1, 0.15) is 34.1 Å². The van der Waals surface area contributed by atoms with Gasteiger partial charge in [0.05, 0.1) is 6.61 Å². The van der Waals surface area contributed by atoms with E-state index in [0.717, 1.165) is 13.2 Å². The molecule has 0 radical (unpaired) electrons. The fourth-order valence-corrected chi connectivity index (χ4v) is 0.489. The van der Waals surface area contributed by atoms with Gasteiger partial charge in [0.15, 0.2) is 0 Å². The number of ether oxygens (including phenoxy) is 3. The summed E-state index contributed by atoms with van der Waals surface area (Å²) in [5.41, 5.74) is 0. The van der Waals surface area contributed by atoms with Crippen molar-refractivity contribution in [2.45, 2.75) is 34.1 Å². The molecule has 0 saturated heterocycles. The molecule has 94 valence electrons. The van der Waals surface area contributed by atoms with Gasteiger partial charge in [-0.1, -0.05) is 6.92 Å². The molecule has 0 aliphatic heterocycles. The van der Waals surface area contributed by atoms with Gasteiger partial charge in [0, 0.05) is 19.6 Å². The van der Waals surface area contributed by atoms with Crippen molar-refractivity contribution in [1.29, 1.82) is 0 Å². The lowest BCUT2D eigenvalue weighted by Crippen LogP contribution is -2.00. The van der Waals surface area contributed by atoms with E-state index in [2.05, 4.69) is 4.74 Å². The zero-order valence-electron chi connectivity index (χ0n) is 10.2. The second-order valence-electron chi connectivity index (χ2n) is 2.26. The molecule has 0 saturated carbocycles. The van der Waals surface area contributed by atoms with Crippen LogP contribution < -0.4 is 0 Å². The van der Waals surface area contributed by atoms with Gasteiger partial charge in [-0.3, -0.25) is 4.79 Å². The van der Waals surface area contributed by atoms with E-state index in [9.17, 15) is 4.79 Å². The molecule has 0 fully saturated rings. The van der Waals surface area contributed by atoms with Gasteiger partial charge < -0.3 is 19.7 Å². The minimum Gasteiger partial charge on any atom is -0.466 e. The van der Waals surface area contributed by atoms with E-state index in [-0.39, 0.29) is 11.4 Å². The highest BCUT2D eigenvalue weighted by molar-refractivity contribution is 5.68. The summed E-state index contributed by atoms with van der Waals surface area (Å²) < 4.78 is 14.3. The van der Waals surface area contributed by atoms with E-state index in [4.69, 9.17) is 9.47 Å². The highest BCUT2D eigenvalue weighted by atomic mass is 16.7. The average Bonchev–Trinajstić information content (AvgIpc) is 2.20. The minimum absolute atomic E-state index is 0. The monoisotopic (exact) mass is 224 g/mol. The van der Waals surface area contributed by atoms with Crippen LogP contribution in [0.15, 0.2) is 0 Å². The zero-order valence-corrected chi connectivity index (χ0v) is 10.2. The molecule has 15 heavy (non-hydrogen) atoms. The van der Waals surface area contributed by atoms with Crippen LogP contribution in [-0.4, -0.2) is 38.1 Å². The molecule has 2 N–H and O–H groups in total. The Labute approximate surface area is 92.0 Å². The Kier molecular flexibility index (Phi) is 25.2. The lowest BCUT2D eigenvalue weighted by Gasteiger charge is -1.97. The van der Waals surface area contributed by atoms with E-state index in [1.807, 2.05) is 13.8 Å². The smallest absolute Gasteiger partial charge is 0.305 e. The molecule has 0 aliphatic rings. The van der Waals surface area contributed by atoms with Gasteiger partial charge in [-0.2, -0.15) is 0 Å². The van der Waals surface area contributed by atoms with Gasteiger partial charge in [0.1, 0.15) is 6.79 Å². The molecule has 5 heteroatoms. The zero-order chi connectivity index (χ0) is 11.2. The molecule has 5 nitrogen and oxygen atoms in total. The molecule has 0 spiro atoms. The number of carbonyl (C=O) groups is 1. The standard InChI is InChI=1S/C5H12O2.C5H10O2.H2O/c1-3-6-5-7-4-2;1-3-5(6)7-4-2;/h3-5H2,1-2H3;3-4H2,1-2H3;1H2. The highest BCUT2D eigenvalue weighted by Gasteiger charge is 1.91. The largest absolute Gasteiger partial charge is 0.466 e. The Bertz CT molecular complexity index is 112. The SMILES string of the molecule is CCOC(=O)CC.CCOCOCC.O. The topological polar surface area (TPSA) is 76.3 Å². The molecule has 0 heterocycles. The van der Waals surface area contributed by atoms with E-state index in [1.165, 1.54) is 0 Å². The summed E-state index contributed by atoms with van der Waals surface area (Å²) in [4.78, 5) is 10.2. The predicted octanol–water partition coefficient (Wildman–Crippen LogP) is 1.15. The molecule has 0 rings (SSSR count). The Balaban J connectivity index is -0.000000180. The average molecular weight is 224 g/mol. The summed E-state index contributed by atoms with van der Waals surface area (Å²) in [6.07, 6.45) is 0.480. The third kappa shape index (κ3) is 24.7. The fraction of sp³-hybridized carbons (Fsp3) is 0.900. The molecular weight excluding hydrogens is 200 g/mol. The fourth-order valence-electron chi connectivity index (χ4n) is 0.489. The van der Waals surface area contributed by atoms with E-state index in [1.54, 1.807) is 13.8 Å². The molecule has 0 aliphatic carbocycles. The van der Waals surface area contributed by atoms with Crippen molar-refractivity contribution < 1.29 is 24.5 Å². The lowest BCUT2D eigenvalue weighted by atomic mass is 10.5. The molecule has 0 amide bonds. The first-order chi connectivity index (χ1) is 6.72. The molecule has 0 aromatic rings. The first-order valence-corrected chi connectivity index (χ1v) is 5.03. The van der Waals surface area contributed by atoms with Gasteiger partial charge in [-0.05, 0) is 20.8 Å². The molecule has 0 aromatic heterocycles. The molecule has 0 atom stereocenters. The summed E-state index contributed by atoms with van der Waals surface area (Å²) in [5.74, 6) is -0.123. The van der Waals surface area contributed by atoms with Crippen LogP contribution in [0.4, 0.5) is 0 Å². The van der Waals surface area contributed by atoms with Crippen LogP contribution in [0.2, 0.25) is 0 Å². The number of carbonyl (C=O) groups excluding carboxylic acids is 1. The summed E-state index contributed by atoms with van der Waals surface area (Å²) in [6.45, 7) is 9.86. The normalized spacial score (nSPS) is 8.27. The number of hydrogen-bond acceptors (Lipinski definition) is 4. The van der Waals surface area contributed by atoms with Crippen LogP contribution >= 0.6 is 0 Å². The maximum absolute atomic E-state index is 10.2. The molecule has 0 aromatic carbocycles. The first-order valence-electron chi connectivity index (χ1n) is 5.03. The second-order valence-corrected chi connectivity index (χ2v) is 2.26. The Morgan fingerprint density at radius 3 is 1.60 bits per heavy atom. The van der Waals surface area contributed by atoms with Crippen molar-refractivity contribution in [3.8, 4) is 0 Å². The second kappa shape index (κ2) is 19.0. The first kappa shape index (κ1) is 19.9.